The Balaban J connectivity index is 2.01. The average Bonchev–Trinajstić information content (AvgIpc) is 3.21. The van der Waals surface area contributed by atoms with E-state index >= 15 is 0 Å². The Hall–Kier alpha value is -3.06. The number of benzene rings is 1. The van der Waals surface area contributed by atoms with Crippen molar-refractivity contribution >= 4 is 5.69 Å². The molecule has 3 aromatic rings. The molecule has 2 atom stereocenters. The SMILES string of the molecule is N#C[C@]1(c2ccccc2)c2ncccc2N[C@@H]1c1ccco1. The van der Waals surface area contributed by atoms with Crippen molar-refractivity contribution in [3.8, 4) is 6.07 Å². The van der Waals surface area contributed by atoms with Gasteiger partial charge >= 0.3 is 0 Å². The van der Waals surface area contributed by atoms with E-state index in [0.29, 0.717) is 0 Å². The normalized spacial score (nSPS) is 22.6. The first-order chi connectivity index (χ1) is 10.9. The lowest BCUT2D eigenvalue weighted by molar-refractivity contribution is 0.435. The lowest BCUT2D eigenvalue weighted by Crippen LogP contribution is -2.32. The molecule has 0 saturated carbocycles. The van der Waals surface area contributed by atoms with Crippen molar-refractivity contribution in [2.24, 2.45) is 0 Å². The molecule has 1 N–H and O–H groups in total. The number of nitrogens with one attached hydrogen (secondary N) is 1. The van der Waals surface area contributed by atoms with Crippen molar-refractivity contribution in [1.82, 2.24) is 4.98 Å². The minimum atomic E-state index is -0.907. The first-order valence-electron chi connectivity index (χ1n) is 7.08. The summed E-state index contributed by atoms with van der Waals surface area (Å²) < 4.78 is 5.59. The highest BCUT2D eigenvalue weighted by molar-refractivity contribution is 5.67. The molecule has 4 rings (SSSR count). The van der Waals surface area contributed by atoms with Crippen LogP contribution in [0.5, 0.6) is 0 Å². The fraction of sp³-hybridized carbons (Fsp3) is 0.111. The van der Waals surface area contributed by atoms with E-state index in [0.717, 1.165) is 22.7 Å². The molecule has 4 heteroatoms. The molecule has 22 heavy (non-hydrogen) atoms. The van der Waals surface area contributed by atoms with Crippen LogP contribution in [-0.4, -0.2) is 4.98 Å². The van der Waals surface area contributed by atoms with Crippen molar-refractivity contribution in [2.75, 3.05) is 5.32 Å². The molecular weight excluding hydrogens is 274 g/mol. The lowest BCUT2D eigenvalue weighted by atomic mass is 9.74. The Morgan fingerprint density at radius 1 is 1.09 bits per heavy atom. The van der Waals surface area contributed by atoms with Crippen LogP contribution in [0.4, 0.5) is 5.69 Å². The highest BCUT2D eigenvalue weighted by atomic mass is 16.3. The van der Waals surface area contributed by atoms with E-state index in [1.807, 2.05) is 54.6 Å². The largest absolute Gasteiger partial charge is 0.467 e. The summed E-state index contributed by atoms with van der Waals surface area (Å²) in [6.07, 6.45) is 3.35. The number of hydrogen-bond donors (Lipinski definition) is 1. The maximum atomic E-state index is 10.1. The summed E-state index contributed by atoms with van der Waals surface area (Å²) >= 11 is 0. The molecule has 2 aromatic heterocycles. The number of fused-ring (bicyclic) bond motifs is 1. The summed E-state index contributed by atoms with van der Waals surface area (Å²) in [5.74, 6) is 0.725. The predicted octanol–water partition coefficient (Wildman–Crippen LogP) is 3.65. The van der Waals surface area contributed by atoms with Gasteiger partial charge in [-0.3, -0.25) is 4.98 Å². The summed E-state index contributed by atoms with van der Waals surface area (Å²) in [6.45, 7) is 0. The quantitative estimate of drug-likeness (QED) is 0.781. The molecule has 0 radical (unpaired) electrons. The van der Waals surface area contributed by atoms with Gasteiger partial charge in [-0.1, -0.05) is 30.3 Å². The van der Waals surface area contributed by atoms with Crippen LogP contribution in [-0.2, 0) is 5.41 Å². The van der Waals surface area contributed by atoms with E-state index < -0.39 is 5.41 Å². The molecule has 3 heterocycles. The van der Waals surface area contributed by atoms with Crippen molar-refractivity contribution in [3.05, 3.63) is 84.1 Å². The van der Waals surface area contributed by atoms with Crippen molar-refractivity contribution in [3.63, 3.8) is 0 Å². The Bertz CT molecular complexity index is 836. The van der Waals surface area contributed by atoms with Crippen LogP contribution in [0.25, 0.3) is 0 Å². The van der Waals surface area contributed by atoms with Crippen LogP contribution in [0.2, 0.25) is 0 Å². The van der Waals surface area contributed by atoms with Gasteiger partial charge in [0.2, 0.25) is 0 Å². The van der Waals surface area contributed by atoms with Gasteiger partial charge in [0.1, 0.15) is 11.8 Å². The summed E-state index contributed by atoms with van der Waals surface area (Å²) in [5, 5.41) is 13.5. The third kappa shape index (κ3) is 1.60. The zero-order valence-corrected chi connectivity index (χ0v) is 11.7. The molecule has 4 nitrogen and oxygen atoms in total. The molecular formula is C18H13N3O. The highest BCUT2D eigenvalue weighted by Gasteiger charge is 2.52. The zero-order valence-electron chi connectivity index (χ0n) is 11.7. The summed E-state index contributed by atoms with van der Waals surface area (Å²) in [4.78, 5) is 4.49. The number of anilines is 1. The van der Waals surface area contributed by atoms with Crippen LogP contribution in [0.1, 0.15) is 23.1 Å². The summed E-state index contributed by atoms with van der Waals surface area (Å²) in [6, 6.07) is 19.5. The zero-order chi connectivity index (χ0) is 15.0. The van der Waals surface area contributed by atoms with Gasteiger partial charge in [-0.15, -0.1) is 0 Å². The monoisotopic (exact) mass is 287 g/mol. The van der Waals surface area contributed by atoms with Crippen molar-refractivity contribution in [2.45, 2.75) is 11.5 Å². The molecule has 0 spiro atoms. The first kappa shape index (κ1) is 12.7. The van der Waals surface area contributed by atoms with Crippen LogP contribution in [0.3, 0.4) is 0 Å². The van der Waals surface area contributed by atoms with Gasteiger partial charge in [0.15, 0.2) is 5.41 Å². The van der Waals surface area contributed by atoms with E-state index in [1.165, 1.54) is 0 Å². The molecule has 1 aliphatic rings. The number of aromatic nitrogens is 1. The second-order valence-corrected chi connectivity index (χ2v) is 5.28. The second-order valence-electron chi connectivity index (χ2n) is 5.28. The number of pyridine rings is 1. The number of nitriles is 1. The van der Waals surface area contributed by atoms with E-state index in [2.05, 4.69) is 16.4 Å². The van der Waals surface area contributed by atoms with Crippen LogP contribution < -0.4 is 5.32 Å². The topological polar surface area (TPSA) is 61.9 Å². The third-order valence-electron chi connectivity index (χ3n) is 4.15. The minimum Gasteiger partial charge on any atom is -0.467 e. The maximum absolute atomic E-state index is 10.1. The fourth-order valence-electron chi connectivity index (χ4n) is 3.16. The predicted molar refractivity (Wildman–Crippen MR) is 82.1 cm³/mol. The third-order valence-corrected chi connectivity index (χ3v) is 4.15. The molecule has 0 bridgehead atoms. The molecule has 0 amide bonds. The number of rotatable bonds is 2. The second kappa shape index (κ2) is 4.74. The van der Waals surface area contributed by atoms with Crippen LogP contribution in [0.15, 0.2) is 71.5 Å². The Labute approximate surface area is 128 Å². The van der Waals surface area contributed by atoms with Crippen molar-refractivity contribution < 1.29 is 4.42 Å². The highest BCUT2D eigenvalue weighted by Crippen LogP contribution is 2.51. The standard InChI is InChI=1S/C18H13N3O/c19-12-18(13-6-2-1-3-7-13)16-14(8-4-10-20-16)21-17(18)15-9-5-11-22-15/h1-11,17,21H/t17-,18+/m1/s1. The average molecular weight is 287 g/mol. The molecule has 106 valence electrons. The van der Waals surface area contributed by atoms with Crippen LogP contribution >= 0.6 is 0 Å². The first-order valence-corrected chi connectivity index (χ1v) is 7.08. The number of hydrogen-bond acceptors (Lipinski definition) is 4. The Morgan fingerprint density at radius 3 is 2.68 bits per heavy atom. The fourth-order valence-corrected chi connectivity index (χ4v) is 3.16. The van der Waals surface area contributed by atoms with Gasteiger partial charge in [0.05, 0.1) is 23.7 Å². The molecule has 0 unspecified atom stereocenters. The van der Waals surface area contributed by atoms with Gasteiger partial charge in [-0.25, -0.2) is 0 Å². The molecule has 1 aliphatic heterocycles. The van der Waals surface area contributed by atoms with Gasteiger partial charge in [0, 0.05) is 6.20 Å². The summed E-state index contributed by atoms with van der Waals surface area (Å²) in [7, 11) is 0. The molecule has 0 aliphatic carbocycles. The molecule has 0 saturated heterocycles. The van der Waals surface area contributed by atoms with Gasteiger partial charge in [0.25, 0.3) is 0 Å². The molecule has 1 aromatic carbocycles. The maximum Gasteiger partial charge on any atom is 0.153 e. The van der Waals surface area contributed by atoms with Crippen molar-refractivity contribution in [1.29, 1.82) is 5.26 Å². The van der Waals surface area contributed by atoms with E-state index in [-0.39, 0.29) is 6.04 Å². The Morgan fingerprint density at radius 2 is 1.95 bits per heavy atom. The lowest BCUT2D eigenvalue weighted by Gasteiger charge is -2.27. The van der Waals surface area contributed by atoms with E-state index in [4.69, 9.17) is 4.42 Å². The summed E-state index contributed by atoms with van der Waals surface area (Å²) in [5.41, 5.74) is 1.61. The van der Waals surface area contributed by atoms with E-state index in [1.54, 1.807) is 12.5 Å². The van der Waals surface area contributed by atoms with Crippen LogP contribution in [0, 0.1) is 11.3 Å². The smallest absolute Gasteiger partial charge is 0.153 e. The number of furan rings is 1. The van der Waals surface area contributed by atoms with Gasteiger partial charge in [-0.2, -0.15) is 5.26 Å². The minimum absolute atomic E-state index is 0.306. The molecule has 0 fully saturated rings. The Kier molecular flexibility index (Phi) is 2.73. The van der Waals surface area contributed by atoms with Gasteiger partial charge < -0.3 is 9.73 Å². The number of nitrogens with zero attached hydrogens (tertiary/aromatic N) is 2. The van der Waals surface area contributed by atoms with Gasteiger partial charge in [-0.05, 0) is 29.8 Å². The van der Waals surface area contributed by atoms with E-state index in [9.17, 15) is 5.26 Å².